The van der Waals surface area contributed by atoms with E-state index < -0.39 is 13.0 Å². The third-order valence-electron chi connectivity index (χ3n) is 5.75. The summed E-state index contributed by atoms with van der Waals surface area (Å²) in [5.41, 5.74) is 2.55. The van der Waals surface area contributed by atoms with Gasteiger partial charge in [0, 0.05) is 15.9 Å². The van der Waals surface area contributed by atoms with Crippen molar-refractivity contribution >= 4 is 35.0 Å². The predicted molar refractivity (Wildman–Crippen MR) is 153 cm³/mol. The van der Waals surface area contributed by atoms with Crippen LogP contribution in [0.2, 0.25) is 0 Å². The summed E-state index contributed by atoms with van der Waals surface area (Å²) in [4.78, 5) is 13.2. The van der Waals surface area contributed by atoms with Crippen LogP contribution in [0.25, 0.3) is 6.08 Å². The minimum Gasteiger partial charge on any atom is -0.461 e. The number of hydrogen-bond donors (Lipinski definition) is 0. The van der Waals surface area contributed by atoms with E-state index in [1.165, 1.54) is 5.56 Å². The summed E-state index contributed by atoms with van der Waals surface area (Å²) in [5, 5.41) is 3.21. The van der Waals surface area contributed by atoms with E-state index in [-0.39, 0.29) is 6.61 Å². The quantitative estimate of drug-likeness (QED) is 0.120. The van der Waals surface area contributed by atoms with Crippen molar-refractivity contribution in [3.05, 3.63) is 144 Å². The second-order valence-corrected chi connectivity index (χ2v) is 11.3. The standard InChI is InChI=1S/C32H30NO2P/c1-3-35-32(34)31(21-13-14-27-24-22-26(2)23-25-27)33-36(28-15-7-4-8-16-28,29-17-9-5-10-18-29)30-19-11-6-12-20-30/h4-25H,3H2,1-2H3/b14-13+,31-21-. The number of nitrogens with zero attached hydrogens (tertiary/aromatic N) is 1. The Morgan fingerprint density at radius 3 is 1.67 bits per heavy atom. The molecule has 0 unspecified atom stereocenters. The topological polar surface area (TPSA) is 38.7 Å². The maximum absolute atomic E-state index is 13.2. The molecule has 0 aliphatic carbocycles. The number of hydrogen-bond acceptors (Lipinski definition) is 3. The molecule has 0 fully saturated rings. The molecule has 0 aromatic heterocycles. The van der Waals surface area contributed by atoms with Crippen LogP contribution in [0.15, 0.2) is 138 Å². The molecule has 4 aromatic rings. The van der Waals surface area contributed by atoms with Gasteiger partial charge >= 0.3 is 5.97 Å². The summed E-state index contributed by atoms with van der Waals surface area (Å²) in [6, 6.07) is 39.0. The monoisotopic (exact) mass is 491 g/mol. The number of rotatable bonds is 8. The molecule has 0 N–H and O–H groups in total. The van der Waals surface area contributed by atoms with Gasteiger partial charge in [-0.05, 0) is 25.5 Å². The molecular weight excluding hydrogens is 461 g/mol. The molecule has 36 heavy (non-hydrogen) atoms. The van der Waals surface area contributed by atoms with Crippen molar-refractivity contribution in [3.8, 4) is 0 Å². The first kappa shape index (κ1) is 25.2. The van der Waals surface area contributed by atoms with Crippen LogP contribution in [-0.2, 0) is 9.53 Å². The minimum atomic E-state index is -2.58. The fourth-order valence-electron chi connectivity index (χ4n) is 3.99. The lowest BCUT2D eigenvalue weighted by Crippen LogP contribution is -2.26. The number of allylic oxidation sites excluding steroid dienone is 2. The van der Waals surface area contributed by atoms with E-state index in [4.69, 9.17) is 9.48 Å². The average Bonchev–Trinajstić information content (AvgIpc) is 2.93. The van der Waals surface area contributed by atoms with Crippen LogP contribution < -0.4 is 15.9 Å². The van der Waals surface area contributed by atoms with E-state index in [1.807, 2.05) is 73.7 Å². The van der Waals surface area contributed by atoms with Crippen molar-refractivity contribution in [1.29, 1.82) is 0 Å². The van der Waals surface area contributed by atoms with Crippen molar-refractivity contribution < 1.29 is 9.53 Å². The molecule has 0 amide bonds. The van der Waals surface area contributed by atoms with Gasteiger partial charge in [-0.1, -0.05) is 133 Å². The Morgan fingerprint density at radius 1 is 0.750 bits per heavy atom. The highest BCUT2D eigenvalue weighted by Crippen LogP contribution is 2.47. The van der Waals surface area contributed by atoms with Gasteiger partial charge in [0.15, 0.2) is 0 Å². The third kappa shape index (κ3) is 5.82. The van der Waals surface area contributed by atoms with Crippen molar-refractivity contribution in [1.82, 2.24) is 0 Å². The van der Waals surface area contributed by atoms with E-state index in [1.54, 1.807) is 6.08 Å². The molecule has 4 rings (SSSR count). The maximum Gasteiger partial charge on any atom is 0.356 e. The Bertz CT molecular complexity index is 1290. The zero-order valence-electron chi connectivity index (χ0n) is 20.6. The first-order valence-electron chi connectivity index (χ1n) is 12.0. The molecule has 0 bridgehead atoms. The van der Waals surface area contributed by atoms with Gasteiger partial charge in [0.1, 0.15) is 5.70 Å². The van der Waals surface area contributed by atoms with Crippen LogP contribution in [-0.4, -0.2) is 12.6 Å². The van der Waals surface area contributed by atoms with E-state index >= 15 is 0 Å². The van der Waals surface area contributed by atoms with Crippen LogP contribution in [0.3, 0.4) is 0 Å². The van der Waals surface area contributed by atoms with Gasteiger partial charge < -0.3 is 4.74 Å². The number of carbonyl (C=O) groups is 1. The van der Waals surface area contributed by atoms with E-state index in [0.29, 0.717) is 5.70 Å². The molecule has 4 aromatic carbocycles. The van der Waals surface area contributed by atoms with Gasteiger partial charge in [-0.3, -0.25) is 0 Å². The summed E-state index contributed by atoms with van der Waals surface area (Å²) in [6.07, 6.45) is 5.61. The first-order chi connectivity index (χ1) is 17.6. The molecule has 3 nitrogen and oxygen atoms in total. The summed E-state index contributed by atoms with van der Waals surface area (Å²) < 4.78 is 10.8. The Hall–Kier alpha value is -3.94. The predicted octanol–water partition coefficient (Wildman–Crippen LogP) is 6.63. The highest BCUT2D eigenvalue weighted by molar-refractivity contribution is 7.87. The zero-order chi connectivity index (χ0) is 25.2. The first-order valence-corrected chi connectivity index (χ1v) is 13.8. The van der Waals surface area contributed by atoms with E-state index in [9.17, 15) is 4.79 Å². The van der Waals surface area contributed by atoms with Gasteiger partial charge in [0.25, 0.3) is 0 Å². The summed E-state index contributed by atoms with van der Waals surface area (Å²) in [7, 11) is -2.58. The molecule has 0 aliphatic rings. The Kier molecular flexibility index (Phi) is 8.49. The van der Waals surface area contributed by atoms with Crippen molar-refractivity contribution in [2.75, 3.05) is 6.61 Å². The molecule has 4 heteroatoms. The number of carbonyl (C=O) groups excluding carboxylic acids is 1. The fourth-order valence-corrected chi connectivity index (χ4v) is 7.51. The van der Waals surface area contributed by atoms with Gasteiger partial charge in [-0.15, -0.1) is 0 Å². The van der Waals surface area contributed by atoms with Gasteiger partial charge in [0.2, 0.25) is 0 Å². The Morgan fingerprint density at radius 2 is 1.22 bits per heavy atom. The van der Waals surface area contributed by atoms with E-state index in [2.05, 4.69) is 67.6 Å². The van der Waals surface area contributed by atoms with Crippen molar-refractivity contribution in [2.45, 2.75) is 13.8 Å². The molecule has 0 spiro atoms. The van der Waals surface area contributed by atoms with Gasteiger partial charge in [-0.25, -0.2) is 9.54 Å². The average molecular weight is 492 g/mol. The van der Waals surface area contributed by atoms with Crippen LogP contribution in [0.5, 0.6) is 0 Å². The summed E-state index contributed by atoms with van der Waals surface area (Å²) >= 11 is 0. The molecule has 0 aliphatic heterocycles. The lowest BCUT2D eigenvalue weighted by atomic mass is 10.1. The van der Waals surface area contributed by atoms with Crippen molar-refractivity contribution in [2.24, 2.45) is 4.74 Å². The Labute approximate surface area is 213 Å². The highest BCUT2D eigenvalue weighted by Gasteiger charge is 2.29. The van der Waals surface area contributed by atoms with Crippen LogP contribution in [0.4, 0.5) is 0 Å². The Balaban J connectivity index is 1.99. The summed E-state index contributed by atoms with van der Waals surface area (Å²) in [5.74, 6) is -0.432. The molecule has 180 valence electrons. The minimum absolute atomic E-state index is 0.279. The smallest absolute Gasteiger partial charge is 0.356 e. The number of benzene rings is 4. The number of esters is 1. The second-order valence-electron chi connectivity index (χ2n) is 8.28. The normalized spacial score (nSPS) is 11.9. The molecule has 0 atom stereocenters. The van der Waals surface area contributed by atoms with Gasteiger partial charge in [-0.2, -0.15) is 0 Å². The number of aryl methyl sites for hydroxylation is 1. The summed E-state index contributed by atoms with van der Waals surface area (Å²) in [6.45, 7) is 4.15. The van der Waals surface area contributed by atoms with Crippen LogP contribution >= 0.6 is 7.05 Å². The van der Waals surface area contributed by atoms with Crippen molar-refractivity contribution in [3.63, 3.8) is 0 Å². The van der Waals surface area contributed by atoms with Crippen LogP contribution in [0, 0.1) is 6.92 Å². The number of ether oxygens (including phenoxy) is 1. The van der Waals surface area contributed by atoms with Crippen LogP contribution in [0.1, 0.15) is 18.1 Å². The largest absolute Gasteiger partial charge is 0.461 e. The molecule has 0 heterocycles. The van der Waals surface area contributed by atoms with Gasteiger partial charge in [0.05, 0.1) is 13.7 Å². The lowest BCUT2D eigenvalue weighted by molar-refractivity contribution is -0.138. The zero-order valence-corrected chi connectivity index (χ0v) is 21.5. The fraction of sp³-hybridized carbons (Fsp3) is 0.0938. The molecule has 0 saturated heterocycles. The lowest BCUT2D eigenvalue weighted by Gasteiger charge is -2.27. The second kappa shape index (κ2) is 12.2. The SMILES string of the molecule is CCOC(=O)/C(=C/C=C/c1ccc(C)cc1)N=P(c1ccccc1)(c1ccccc1)c1ccccc1. The molecular formula is C32H30NO2P. The molecule has 0 radical (unpaired) electrons. The maximum atomic E-state index is 13.2. The molecule has 0 saturated carbocycles. The highest BCUT2D eigenvalue weighted by atomic mass is 31.2. The third-order valence-corrected chi connectivity index (χ3v) is 9.40. The van der Waals surface area contributed by atoms with E-state index in [0.717, 1.165) is 21.5 Å².